The maximum Gasteiger partial charge on any atom is 0.161 e. The molecule has 0 atom stereocenters. The summed E-state index contributed by atoms with van der Waals surface area (Å²) >= 11 is 0. The van der Waals surface area contributed by atoms with Crippen molar-refractivity contribution in [3.8, 4) is 28.4 Å². The molecule has 150 valence electrons. The number of nitrogens with zero attached hydrogens (tertiary/aromatic N) is 4. The van der Waals surface area contributed by atoms with Crippen molar-refractivity contribution in [3.63, 3.8) is 0 Å². The fourth-order valence-corrected chi connectivity index (χ4v) is 3.00. The molecule has 2 heterocycles. The lowest BCUT2D eigenvalue weighted by Gasteiger charge is -2.09. The van der Waals surface area contributed by atoms with Crippen LogP contribution in [-0.4, -0.2) is 35.2 Å². The Morgan fingerprint density at radius 2 is 1.73 bits per heavy atom. The number of rotatable bonds is 7. The zero-order chi connectivity index (χ0) is 20.8. The Morgan fingerprint density at radius 3 is 2.47 bits per heavy atom. The summed E-state index contributed by atoms with van der Waals surface area (Å²) in [5.41, 5.74) is 6.40. The van der Waals surface area contributed by atoms with E-state index in [2.05, 4.69) is 15.5 Å². The second-order valence-corrected chi connectivity index (χ2v) is 6.37. The Kier molecular flexibility index (Phi) is 5.70. The molecule has 4 rings (SSSR count). The van der Waals surface area contributed by atoms with Gasteiger partial charge in [-0.15, -0.1) is 0 Å². The number of pyridine rings is 1. The van der Waals surface area contributed by atoms with Gasteiger partial charge in [0.1, 0.15) is 11.5 Å². The van der Waals surface area contributed by atoms with E-state index >= 15 is 0 Å². The van der Waals surface area contributed by atoms with E-state index < -0.39 is 0 Å². The summed E-state index contributed by atoms with van der Waals surface area (Å²) in [7, 11) is 3.23. The first kappa shape index (κ1) is 19.2. The summed E-state index contributed by atoms with van der Waals surface area (Å²) < 4.78 is 12.6. The van der Waals surface area contributed by atoms with Crippen LogP contribution >= 0.6 is 0 Å². The van der Waals surface area contributed by atoms with Gasteiger partial charge >= 0.3 is 0 Å². The SMILES string of the molecule is COc1ccc(-c2nn(-c3ccccc3)cc2/C=N/Nc2ccccn2)cc1OC. The average molecular weight is 399 g/mol. The fourth-order valence-electron chi connectivity index (χ4n) is 3.00. The summed E-state index contributed by atoms with van der Waals surface area (Å²) in [6, 6.07) is 21.2. The van der Waals surface area contributed by atoms with Crippen LogP contribution in [0.4, 0.5) is 5.82 Å². The van der Waals surface area contributed by atoms with Crippen molar-refractivity contribution in [1.82, 2.24) is 14.8 Å². The van der Waals surface area contributed by atoms with Gasteiger partial charge in [-0.05, 0) is 42.5 Å². The Morgan fingerprint density at radius 1 is 0.933 bits per heavy atom. The number of methoxy groups -OCH3 is 2. The van der Waals surface area contributed by atoms with Gasteiger partial charge < -0.3 is 9.47 Å². The van der Waals surface area contributed by atoms with Gasteiger partial charge in [0.2, 0.25) is 0 Å². The van der Waals surface area contributed by atoms with Crippen molar-refractivity contribution >= 4 is 12.0 Å². The Labute approximate surface area is 174 Å². The molecule has 7 nitrogen and oxygen atoms in total. The molecule has 2 aromatic heterocycles. The molecule has 0 aliphatic heterocycles. The molecule has 0 bridgehead atoms. The molecule has 1 N–H and O–H groups in total. The average Bonchev–Trinajstić information content (AvgIpc) is 3.24. The molecule has 0 spiro atoms. The quantitative estimate of drug-likeness (QED) is 0.368. The van der Waals surface area contributed by atoms with Gasteiger partial charge in [-0.2, -0.15) is 10.2 Å². The van der Waals surface area contributed by atoms with Gasteiger partial charge in [-0.3, -0.25) is 5.43 Å². The molecule has 30 heavy (non-hydrogen) atoms. The first-order valence-electron chi connectivity index (χ1n) is 9.36. The third-order valence-electron chi connectivity index (χ3n) is 4.47. The smallest absolute Gasteiger partial charge is 0.161 e. The van der Waals surface area contributed by atoms with Crippen molar-refractivity contribution in [2.24, 2.45) is 5.10 Å². The molecule has 0 saturated carbocycles. The summed E-state index contributed by atoms with van der Waals surface area (Å²) in [5, 5.41) is 9.13. The Balaban J connectivity index is 1.73. The van der Waals surface area contributed by atoms with Crippen molar-refractivity contribution < 1.29 is 9.47 Å². The number of hydrogen-bond acceptors (Lipinski definition) is 6. The minimum atomic E-state index is 0.638. The van der Waals surface area contributed by atoms with Crippen molar-refractivity contribution in [1.29, 1.82) is 0 Å². The lowest BCUT2D eigenvalue weighted by molar-refractivity contribution is 0.355. The number of nitrogens with one attached hydrogen (secondary N) is 1. The van der Waals surface area contributed by atoms with E-state index in [-0.39, 0.29) is 0 Å². The van der Waals surface area contributed by atoms with Gasteiger partial charge in [0.15, 0.2) is 11.5 Å². The van der Waals surface area contributed by atoms with Crippen molar-refractivity contribution in [2.75, 3.05) is 19.6 Å². The summed E-state index contributed by atoms with van der Waals surface area (Å²) in [4.78, 5) is 4.21. The van der Waals surface area contributed by atoms with Gasteiger partial charge in [0.25, 0.3) is 0 Å². The highest BCUT2D eigenvalue weighted by Gasteiger charge is 2.14. The molecular weight excluding hydrogens is 378 g/mol. The number of benzene rings is 2. The molecule has 0 aliphatic carbocycles. The lowest BCUT2D eigenvalue weighted by Crippen LogP contribution is -1.95. The maximum absolute atomic E-state index is 5.45. The molecule has 7 heteroatoms. The van der Waals surface area contributed by atoms with Crippen LogP contribution in [0.3, 0.4) is 0 Å². The topological polar surface area (TPSA) is 73.6 Å². The minimum Gasteiger partial charge on any atom is -0.493 e. The normalized spacial score (nSPS) is 10.9. The van der Waals surface area contributed by atoms with Gasteiger partial charge in [-0.1, -0.05) is 24.3 Å². The van der Waals surface area contributed by atoms with Crippen LogP contribution in [0.15, 0.2) is 84.2 Å². The maximum atomic E-state index is 5.45. The van der Waals surface area contributed by atoms with E-state index in [0.717, 1.165) is 22.5 Å². The van der Waals surface area contributed by atoms with Gasteiger partial charge in [-0.25, -0.2) is 9.67 Å². The van der Waals surface area contributed by atoms with Gasteiger partial charge in [0, 0.05) is 23.5 Å². The standard InChI is InChI=1S/C23H21N5O2/c1-29-20-12-11-17(14-21(20)30-2)23-18(15-25-26-22-10-6-7-13-24-22)16-28(27-23)19-8-4-3-5-9-19/h3-16H,1-2H3,(H,24,26)/b25-15+. The van der Waals surface area contributed by atoms with Gasteiger partial charge in [0.05, 0.1) is 26.1 Å². The first-order valence-corrected chi connectivity index (χ1v) is 9.36. The van der Waals surface area contributed by atoms with Crippen LogP contribution in [0.5, 0.6) is 11.5 Å². The highest BCUT2D eigenvalue weighted by atomic mass is 16.5. The zero-order valence-corrected chi connectivity index (χ0v) is 16.7. The fraction of sp³-hybridized carbons (Fsp3) is 0.0870. The molecule has 0 unspecified atom stereocenters. The highest BCUT2D eigenvalue weighted by Crippen LogP contribution is 2.33. The van der Waals surface area contributed by atoms with Crippen LogP contribution < -0.4 is 14.9 Å². The summed E-state index contributed by atoms with van der Waals surface area (Å²) in [6.45, 7) is 0. The van der Waals surface area contributed by atoms with Crippen LogP contribution in [0, 0.1) is 0 Å². The number of ether oxygens (including phenoxy) is 2. The molecule has 0 aliphatic rings. The van der Waals surface area contributed by atoms with Crippen molar-refractivity contribution in [2.45, 2.75) is 0 Å². The summed E-state index contributed by atoms with van der Waals surface area (Å²) in [6.07, 6.45) is 5.37. The number of anilines is 1. The Hall–Kier alpha value is -4.13. The predicted molar refractivity (Wildman–Crippen MR) is 118 cm³/mol. The third-order valence-corrected chi connectivity index (χ3v) is 4.47. The van der Waals surface area contributed by atoms with E-state index in [9.17, 15) is 0 Å². The van der Waals surface area contributed by atoms with E-state index in [1.807, 2.05) is 77.6 Å². The van der Waals surface area contributed by atoms with Crippen LogP contribution in [-0.2, 0) is 0 Å². The molecule has 4 aromatic rings. The van der Waals surface area contributed by atoms with Crippen LogP contribution in [0.25, 0.3) is 16.9 Å². The lowest BCUT2D eigenvalue weighted by atomic mass is 10.1. The monoisotopic (exact) mass is 399 g/mol. The molecule has 0 radical (unpaired) electrons. The van der Waals surface area contributed by atoms with Crippen LogP contribution in [0.2, 0.25) is 0 Å². The Bertz CT molecular complexity index is 1140. The largest absolute Gasteiger partial charge is 0.493 e. The minimum absolute atomic E-state index is 0.638. The van der Waals surface area contributed by atoms with E-state index in [0.29, 0.717) is 17.3 Å². The van der Waals surface area contributed by atoms with Crippen LogP contribution in [0.1, 0.15) is 5.56 Å². The number of hydrogen-bond donors (Lipinski definition) is 1. The van der Waals surface area contributed by atoms with E-state index in [1.54, 1.807) is 26.6 Å². The van der Waals surface area contributed by atoms with E-state index in [4.69, 9.17) is 14.6 Å². The highest BCUT2D eigenvalue weighted by molar-refractivity contribution is 5.89. The summed E-state index contributed by atoms with van der Waals surface area (Å²) in [5.74, 6) is 1.96. The second-order valence-electron chi connectivity index (χ2n) is 6.37. The molecule has 0 amide bonds. The third kappa shape index (κ3) is 4.15. The first-order chi connectivity index (χ1) is 14.8. The molecular formula is C23H21N5O2. The molecule has 2 aromatic carbocycles. The van der Waals surface area contributed by atoms with E-state index in [1.165, 1.54) is 0 Å². The number of hydrazone groups is 1. The number of para-hydroxylation sites is 1. The second kappa shape index (κ2) is 8.91. The molecule has 0 fully saturated rings. The molecule has 0 saturated heterocycles. The zero-order valence-electron chi connectivity index (χ0n) is 16.7. The van der Waals surface area contributed by atoms with Crippen molar-refractivity contribution in [3.05, 3.63) is 84.7 Å². The number of aromatic nitrogens is 3. The predicted octanol–water partition coefficient (Wildman–Crippen LogP) is 4.40.